The average molecular weight is 144 g/mol. The van der Waals surface area contributed by atoms with E-state index in [1.807, 2.05) is 0 Å². The fraction of sp³-hybridized carbons (Fsp3) is 0.333. The minimum Gasteiger partial charge on any atom is -0.884 e. The Labute approximate surface area is 58.4 Å². The lowest BCUT2D eigenvalue weighted by atomic mass is 10.1. The van der Waals surface area contributed by atoms with E-state index in [-0.39, 0.29) is 11.1 Å². The maximum Gasteiger partial charge on any atom is 0.277 e. The molecule has 0 bridgehead atoms. The van der Waals surface area contributed by atoms with E-state index >= 15 is 0 Å². The van der Waals surface area contributed by atoms with E-state index < -0.39 is 11.9 Å². The number of rotatable bonds is 1. The van der Waals surface area contributed by atoms with Gasteiger partial charge in [-0.05, 0) is 13.8 Å². The highest BCUT2D eigenvalue weighted by Crippen LogP contribution is 2.09. The van der Waals surface area contributed by atoms with Gasteiger partial charge in [0.05, 0.1) is 0 Å². The predicted octanol–water partition coefficient (Wildman–Crippen LogP) is -0.714. The third kappa shape index (κ3) is 1.89. The summed E-state index contributed by atoms with van der Waals surface area (Å²) in [5.41, 5.74) is -0.264. The Morgan fingerprint density at radius 3 is 1.50 bits per heavy atom. The predicted molar refractivity (Wildman–Crippen MR) is 30.7 cm³/mol. The van der Waals surface area contributed by atoms with E-state index in [0.717, 1.165) is 0 Å². The lowest BCUT2D eigenvalue weighted by Gasteiger charge is -2.21. The molecule has 0 aliphatic carbocycles. The van der Waals surface area contributed by atoms with Gasteiger partial charge in [-0.2, -0.15) is 0 Å². The van der Waals surface area contributed by atoms with Gasteiger partial charge in [-0.3, -0.25) is 0 Å². The van der Waals surface area contributed by atoms with Gasteiger partial charge in [-0.1, -0.05) is 5.57 Å². The van der Waals surface area contributed by atoms with Crippen LogP contribution in [-0.2, 0) is 0 Å². The van der Waals surface area contributed by atoms with E-state index in [9.17, 15) is 10.2 Å². The number of hydrogen-bond donors (Lipinski definition) is 2. The van der Waals surface area contributed by atoms with Crippen molar-refractivity contribution in [3.05, 3.63) is 23.0 Å². The molecule has 2 N–H and O–H groups in total. The van der Waals surface area contributed by atoms with Gasteiger partial charge in [-0.15, -0.1) is 0 Å². The Morgan fingerprint density at radius 1 is 1.00 bits per heavy atom. The smallest absolute Gasteiger partial charge is 0.277 e. The van der Waals surface area contributed by atoms with Crippen LogP contribution in [-0.4, -0.2) is 10.2 Å². The van der Waals surface area contributed by atoms with Crippen LogP contribution in [0.1, 0.15) is 13.8 Å². The second-order valence-electron chi connectivity index (χ2n) is 1.86. The molecule has 0 unspecified atom stereocenters. The standard InChI is InChI=1S/C6H10O4/c1-3(5(7)8)4(2)6(9)10/h7-10H,1-2H3/p-2. The van der Waals surface area contributed by atoms with Gasteiger partial charge in [0.1, 0.15) is 0 Å². The monoisotopic (exact) mass is 144 g/mol. The van der Waals surface area contributed by atoms with E-state index in [1.165, 1.54) is 13.8 Å². The summed E-state index contributed by atoms with van der Waals surface area (Å²) < 4.78 is 0. The minimum absolute atomic E-state index is 0.0833. The van der Waals surface area contributed by atoms with Crippen molar-refractivity contribution >= 4 is 0 Å². The fourth-order valence-electron chi connectivity index (χ4n) is 0.321. The van der Waals surface area contributed by atoms with Crippen LogP contribution in [0.4, 0.5) is 0 Å². The van der Waals surface area contributed by atoms with Gasteiger partial charge >= 0.3 is 0 Å². The van der Waals surface area contributed by atoms with Crippen LogP contribution < -0.4 is 10.2 Å². The molecule has 10 heavy (non-hydrogen) atoms. The number of aliphatic hydroxyl groups is 2. The molecular formula is C6H8O4-2. The summed E-state index contributed by atoms with van der Waals surface area (Å²) in [6.07, 6.45) is 0. The highest BCUT2D eigenvalue weighted by atomic mass is 16.5. The maximum atomic E-state index is 10.0. The molecule has 0 atom stereocenters. The summed E-state index contributed by atoms with van der Waals surface area (Å²) in [6.45, 7) is 2.51. The van der Waals surface area contributed by atoms with Crippen molar-refractivity contribution in [1.29, 1.82) is 0 Å². The second kappa shape index (κ2) is 3.00. The number of allylic oxidation sites excluding steroid dienone is 2. The molecule has 0 saturated heterocycles. The van der Waals surface area contributed by atoms with Crippen molar-refractivity contribution in [2.75, 3.05) is 0 Å². The Hall–Kier alpha value is -1.32. The highest BCUT2D eigenvalue weighted by molar-refractivity contribution is 5.26. The molecule has 0 aliphatic heterocycles. The fourth-order valence-corrected chi connectivity index (χ4v) is 0.321. The number of aliphatic hydroxyl groups excluding tert-OH is 1. The van der Waals surface area contributed by atoms with Crippen LogP contribution in [0.15, 0.2) is 23.0 Å². The van der Waals surface area contributed by atoms with E-state index in [0.29, 0.717) is 0 Å². The minimum atomic E-state index is -1.40. The molecule has 0 spiro atoms. The van der Waals surface area contributed by atoms with Crippen LogP contribution in [0.25, 0.3) is 0 Å². The third-order valence-electron chi connectivity index (χ3n) is 1.20. The van der Waals surface area contributed by atoms with Crippen LogP contribution in [0.2, 0.25) is 0 Å². The summed E-state index contributed by atoms with van der Waals surface area (Å²) >= 11 is 0. The molecule has 58 valence electrons. The van der Waals surface area contributed by atoms with Crippen LogP contribution in [0.3, 0.4) is 0 Å². The summed E-state index contributed by atoms with van der Waals surface area (Å²) in [5.74, 6) is -2.39. The lowest BCUT2D eigenvalue weighted by molar-refractivity contribution is -0.514. The summed E-state index contributed by atoms with van der Waals surface area (Å²) in [6, 6.07) is 0. The van der Waals surface area contributed by atoms with Crippen molar-refractivity contribution in [1.82, 2.24) is 0 Å². The number of hydrogen-bond acceptors (Lipinski definition) is 4. The Balaban J connectivity index is 4.71. The molecule has 0 aliphatic rings. The van der Waals surface area contributed by atoms with Crippen molar-refractivity contribution in [2.45, 2.75) is 13.8 Å². The Bertz CT molecular complexity index is 160. The maximum absolute atomic E-state index is 10.0. The zero-order valence-corrected chi connectivity index (χ0v) is 5.71. The van der Waals surface area contributed by atoms with E-state index in [1.54, 1.807) is 0 Å². The summed E-state index contributed by atoms with van der Waals surface area (Å²) in [5, 5.41) is 36.8. The van der Waals surface area contributed by atoms with Crippen LogP contribution in [0, 0.1) is 0 Å². The second-order valence-corrected chi connectivity index (χ2v) is 1.86. The van der Waals surface area contributed by atoms with E-state index in [4.69, 9.17) is 10.2 Å². The molecular weight excluding hydrogens is 136 g/mol. The molecule has 0 aromatic carbocycles. The first-order valence-corrected chi connectivity index (χ1v) is 2.61. The van der Waals surface area contributed by atoms with Gasteiger partial charge < -0.3 is 20.4 Å². The van der Waals surface area contributed by atoms with Crippen LogP contribution in [0.5, 0.6) is 0 Å². The zero-order valence-electron chi connectivity index (χ0n) is 5.71. The lowest BCUT2D eigenvalue weighted by Crippen LogP contribution is -2.20. The Kier molecular flexibility index (Phi) is 2.61. The molecule has 0 amide bonds. The van der Waals surface area contributed by atoms with Gasteiger partial charge in [0.15, 0.2) is 0 Å². The summed E-state index contributed by atoms with van der Waals surface area (Å²) in [7, 11) is 0. The SMILES string of the molecule is CC(=C([O-])[O-])C(C)=C(O)O. The first-order valence-electron chi connectivity index (χ1n) is 2.61. The topological polar surface area (TPSA) is 86.6 Å². The van der Waals surface area contributed by atoms with Gasteiger partial charge in [0.2, 0.25) is 0 Å². The van der Waals surface area contributed by atoms with Gasteiger partial charge in [0.25, 0.3) is 5.95 Å². The van der Waals surface area contributed by atoms with Gasteiger partial charge in [0, 0.05) is 5.57 Å². The van der Waals surface area contributed by atoms with Crippen molar-refractivity contribution in [3.8, 4) is 0 Å². The molecule has 0 radical (unpaired) electrons. The molecule has 0 aromatic rings. The first kappa shape index (κ1) is 8.68. The van der Waals surface area contributed by atoms with Crippen molar-refractivity contribution < 1.29 is 20.4 Å². The Morgan fingerprint density at radius 2 is 1.40 bits per heavy atom. The highest BCUT2D eigenvalue weighted by Gasteiger charge is 1.96. The molecule has 0 fully saturated rings. The van der Waals surface area contributed by atoms with Crippen molar-refractivity contribution in [3.63, 3.8) is 0 Å². The average Bonchev–Trinajstić information content (AvgIpc) is 1.84. The van der Waals surface area contributed by atoms with E-state index in [2.05, 4.69) is 0 Å². The third-order valence-corrected chi connectivity index (χ3v) is 1.20. The van der Waals surface area contributed by atoms with Gasteiger partial charge in [-0.25, -0.2) is 5.95 Å². The normalized spacial score (nSPS) is 8.60. The van der Waals surface area contributed by atoms with Crippen molar-refractivity contribution in [2.24, 2.45) is 0 Å². The molecule has 4 heteroatoms. The molecule has 0 aromatic heterocycles. The first-order chi connectivity index (χ1) is 4.46. The molecule has 0 heterocycles. The van der Waals surface area contributed by atoms with Crippen LogP contribution >= 0.6 is 0 Å². The molecule has 0 rings (SSSR count). The molecule has 0 saturated carbocycles. The summed E-state index contributed by atoms with van der Waals surface area (Å²) in [4.78, 5) is 0. The molecule has 4 nitrogen and oxygen atoms in total. The quantitative estimate of drug-likeness (QED) is 0.376. The zero-order chi connectivity index (χ0) is 8.31. The largest absolute Gasteiger partial charge is 0.884 e.